The number of carbonyl (C=O) groups is 2. The average molecular weight is 474 g/mol. The molecule has 0 heterocycles. The summed E-state index contributed by atoms with van der Waals surface area (Å²) in [4.78, 5) is 27.7. The molecule has 2 amide bonds. The number of hydrogen-bond acceptors (Lipinski definition) is 4. The van der Waals surface area contributed by atoms with Crippen LogP contribution in [0.15, 0.2) is 48.5 Å². The van der Waals surface area contributed by atoms with Gasteiger partial charge >= 0.3 is 0 Å². The lowest BCUT2D eigenvalue weighted by Gasteiger charge is -2.32. The highest BCUT2D eigenvalue weighted by molar-refractivity contribution is 7.92. The molecule has 0 saturated heterocycles. The van der Waals surface area contributed by atoms with Crippen LogP contribution in [0.25, 0.3) is 0 Å². The standard InChI is InChI=1S/C25H35N3O4S/c1-6-7-16-26-25(30)21(4)27(17-22-14-9-8-10-15-22)23(29)18-28(33(5,31)32)24-19(2)12-11-13-20(24)3/h8-15,21H,6-7,16-18H2,1-5H3,(H,26,30)/t21-/m1/s1. The molecule has 0 spiro atoms. The van der Waals surface area contributed by atoms with Gasteiger partial charge in [0.25, 0.3) is 0 Å². The summed E-state index contributed by atoms with van der Waals surface area (Å²) >= 11 is 0. The fourth-order valence-electron chi connectivity index (χ4n) is 3.67. The largest absolute Gasteiger partial charge is 0.354 e. The van der Waals surface area contributed by atoms with Gasteiger partial charge in [-0.3, -0.25) is 13.9 Å². The highest BCUT2D eigenvalue weighted by Gasteiger charge is 2.30. The van der Waals surface area contributed by atoms with Crippen LogP contribution in [0.5, 0.6) is 0 Å². The maximum atomic E-state index is 13.5. The summed E-state index contributed by atoms with van der Waals surface area (Å²) in [5, 5.41) is 2.87. The average Bonchev–Trinajstić information content (AvgIpc) is 2.76. The van der Waals surface area contributed by atoms with Crippen molar-refractivity contribution in [1.82, 2.24) is 10.2 Å². The molecule has 1 N–H and O–H groups in total. The lowest BCUT2D eigenvalue weighted by Crippen LogP contribution is -2.51. The van der Waals surface area contributed by atoms with Gasteiger partial charge < -0.3 is 10.2 Å². The van der Waals surface area contributed by atoms with Crippen molar-refractivity contribution in [3.05, 3.63) is 65.2 Å². The molecule has 2 aromatic rings. The van der Waals surface area contributed by atoms with Crippen LogP contribution >= 0.6 is 0 Å². The fourth-order valence-corrected chi connectivity index (χ4v) is 4.64. The van der Waals surface area contributed by atoms with Crippen molar-refractivity contribution >= 4 is 27.5 Å². The number of nitrogens with zero attached hydrogens (tertiary/aromatic N) is 2. The molecule has 7 nitrogen and oxygen atoms in total. The second kappa shape index (κ2) is 11.8. The zero-order valence-electron chi connectivity index (χ0n) is 20.2. The number of unbranched alkanes of at least 4 members (excludes halogenated alkanes) is 1. The quantitative estimate of drug-likeness (QED) is 0.507. The van der Waals surface area contributed by atoms with Gasteiger partial charge in [0.05, 0.1) is 11.9 Å². The van der Waals surface area contributed by atoms with Crippen molar-refractivity contribution in [2.75, 3.05) is 23.7 Å². The number of rotatable bonds is 11. The number of hydrogen-bond donors (Lipinski definition) is 1. The van der Waals surface area contributed by atoms with Crippen LogP contribution in [0.1, 0.15) is 43.4 Å². The molecule has 33 heavy (non-hydrogen) atoms. The first-order valence-electron chi connectivity index (χ1n) is 11.2. The second-order valence-corrected chi connectivity index (χ2v) is 10.2. The third kappa shape index (κ3) is 7.32. The van der Waals surface area contributed by atoms with Gasteiger partial charge in [0.2, 0.25) is 21.8 Å². The third-order valence-electron chi connectivity index (χ3n) is 5.56. The molecule has 0 bridgehead atoms. The topological polar surface area (TPSA) is 86.8 Å². The normalized spacial score (nSPS) is 12.2. The Kier molecular flexibility index (Phi) is 9.46. The van der Waals surface area contributed by atoms with Crippen molar-refractivity contribution in [2.24, 2.45) is 0 Å². The molecule has 0 unspecified atom stereocenters. The van der Waals surface area contributed by atoms with Crippen molar-refractivity contribution in [2.45, 2.75) is 53.1 Å². The number of amides is 2. The summed E-state index contributed by atoms with van der Waals surface area (Å²) in [7, 11) is -3.74. The van der Waals surface area contributed by atoms with Crippen molar-refractivity contribution in [1.29, 1.82) is 0 Å². The minimum atomic E-state index is -3.74. The van der Waals surface area contributed by atoms with Crippen molar-refractivity contribution in [3.63, 3.8) is 0 Å². The molecule has 0 aromatic heterocycles. The molecular formula is C25H35N3O4S. The summed E-state index contributed by atoms with van der Waals surface area (Å²) in [5.41, 5.74) is 2.87. The molecule has 180 valence electrons. The highest BCUT2D eigenvalue weighted by atomic mass is 32.2. The van der Waals surface area contributed by atoms with E-state index < -0.39 is 22.0 Å². The van der Waals surface area contributed by atoms with Crippen LogP contribution in [0.2, 0.25) is 0 Å². The first-order chi connectivity index (χ1) is 15.6. The second-order valence-electron chi connectivity index (χ2n) is 8.34. The lowest BCUT2D eigenvalue weighted by molar-refractivity contribution is -0.139. The summed E-state index contributed by atoms with van der Waals surface area (Å²) in [6.07, 6.45) is 2.88. The molecule has 0 aliphatic heterocycles. The van der Waals surface area contributed by atoms with E-state index >= 15 is 0 Å². The number of para-hydroxylation sites is 1. The van der Waals surface area contributed by atoms with Crippen LogP contribution < -0.4 is 9.62 Å². The van der Waals surface area contributed by atoms with Crippen LogP contribution in [0.4, 0.5) is 5.69 Å². The molecule has 2 aromatic carbocycles. The van der Waals surface area contributed by atoms with Crippen molar-refractivity contribution < 1.29 is 18.0 Å². The number of nitrogens with one attached hydrogen (secondary N) is 1. The van der Waals surface area contributed by atoms with Gasteiger partial charge in [-0.25, -0.2) is 8.42 Å². The Bertz CT molecular complexity index is 1030. The number of aryl methyl sites for hydroxylation is 2. The summed E-state index contributed by atoms with van der Waals surface area (Å²) in [6.45, 7) is 7.69. The SMILES string of the molecule is CCCCNC(=O)[C@@H](C)N(Cc1ccccc1)C(=O)CN(c1c(C)cccc1C)S(C)(=O)=O. The predicted octanol–water partition coefficient (Wildman–Crippen LogP) is 3.40. The van der Waals surface area contributed by atoms with Gasteiger partial charge in [-0.2, -0.15) is 0 Å². The molecule has 2 rings (SSSR count). The smallest absolute Gasteiger partial charge is 0.244 e. The Morgan fingerprint density at radius 1 is 1.00 bits per heavy atom. The minimum Gasteiger partial charge on any atom is -0.354 e. The Balaban J connectivity index is 2.38. The van der Waals surface area contributed by atoms with E-state index in [1.807, 2.05) is 69.3 Å². The fraction of sp³-hybridized carbons (Fsp3) is 0.440. The third-order valence-corrected chi connectivity index (χ3v) is 6.67. The van der Waals surface area contributed by atoms with Crippen LogP contribution in [-0.2, 0) is 26.2 Å². The summed E-state index contributed by atoms with van der Waals surface area (Å²) in [5.74, 6) is -0.698. The van der Waals surface area contributed by atoms with Crippen molar-refractivity contribution in [3.8, 4) is 0 Å². The van der Waals surface area contributed by atoms with Gasteiger partial charge in [-0.15, -0.1) is 0 Å². The monoisotopic (exact) mass is 473 g/mol. The molecule has 0 fully saturated rings. The molecule has 0 radical (unpaired) electrons. The molecular weight excluding hydrogens is 438 g/mol. The minimum absolute atomic E-state index is 0.201. The first kappa shape index (κ1) is 26.4. The van der Waals surface area contributed by atoms with Gasteiger partial charge in [0.15, 0.2) is 0 Å². The van der Waals surface area contributed by atoms with Gasteiger partial charge in [0, 0.05) is 13.1 Å². The predicted molar refractivity (Wildman–Crippen MR) is 132 cm³/mol. The number of carbonyl (C=O) groups excluding carboxylic acids is 2. The Labute approximate surface area is 197 Å². The van der Waals surface area contributed by atoms with E-state index in [1.54, 1.807) is 6.92 Å². The number of anilines is 1. The Morgan fingerprint density at radius 2 is 1.61 bits per heavy atom. The lowest BCUT2D eigenvalue weighted by atomic mass is 10.1. The Morgan fingerprint density at radius 3 is 2.15 bits per heavy atom. The van der Waals surface area contributed by atoms with Crippen LogP contribution in [0.3, 0.4) is 0 Å². The van der Waals surface area contributed by atoms with E-state index in [2.05, 4.69) is 5.32 Å². The Hall–Kier alpha value is -2.87. The molecule has 0 aliphatic rings. The molecule has 0 aliphatic carbocycles. The van der Waals surface area contributed by atoms with E-state index in [9.17, 15) is 18.0 Å². The van der Waals surface area contributed by atoms with Gasteiger partial charge in [0.1, 0.15) is 12.6 Å². The first-order valence-corrected chi connectivity index (χ1v) is 13.1. The van der Waals surface area contributed by atoms with E-state index in [0.29, 0.717) is 12.2 Å². The van der Waals surface area contributed by atoms with E-state index in [4.69, 9.17) is 0 Å². The highest BCUT2D eigenvalue weighted by Crippen LogP contribution is 2.27. The van der Waals surface area contributed by atoms with E-state index in [1.165, 1.54) is 4.90 Å². The molecule has 1 atom stereocenters. The van der Waals surface area contributed by atoms with Gasteiger partial charge in [-0.05, 0) is 43.9 Å². The summed E-state index contributed by atoms with van der Waals surface area (Å²) < 4.78 is 26.6. The van der Waals surface area contributed by atoms with Gasteiger partial charge in [-0.1, -0.05) is 61.9 Å². The number of sulfonamides is 1. The van der Waals surface area contributed by atoms with E-state index in [0.717, 1.165) is 40.1 Å². The zero-order valence-corrected chi connectivity index (χ0v) is 21.0. The maximum Gasteiger partial charge on any atom is 0.244 e. The molecule has 8 heteroatoms. The summed E-state index contributed by atoms with van der Waals surface area (Å²) in [6, 6.07) is 14.1. The zero-order chi connectivity index (χ0) is 24.6. The maximum absolute atomic E-state index is 13.5. The van der Waals surface area contributed by atoms with E-state index in [-0.39, 0.29) is 19.0 Å². The molecule has 0 saturated carbocycles. The number of benzene rings is 2. The van der Waals surface area contributed by atoms with Crippen LogP contribution in [-0.4, -0.2) is 50.5 Å². The van der Waals surface area contributed by atoms with Crippen LogP contribution in [0, 0.1) is 13.8 Å².